The lowest BCUT2D eigenvalue weighted by Gasteiger charge is -2.36. The van der Waals surface area contributed by atoms with Crippen molar-refractivity contribution < 1.29 is 4.43 Å². The molecule has 0 unspecified atom stereocenters. The van der Waals surface area contributed by atoms with Gasteiger partial charge in [0, 0.05) is 6.61 Å². The summed E-state index contributed by atoms with van der Waals surface area (Å²) in [5.74, 6) is 0. The third kappa shape index (κ3) is 7.77. The second kappa shape index (κ2) is 6.19. The van der Waals surface area contributed by atoms with Crippen LogP contribution in [-0.4, -0.2) is 23.0 Å². The first-order chi connectivity index (χ1) is 7.46. The van der Waals surface area contributed by atoms with Gasteiger partial charge in [0.25, 0.3) is 0 Å². The normalized spacial score (nSPS) is 13.2. The first kappa shape index (κ1) is 16.9. The van der Waals surface area contributed by atoms with E-state index in [2.05, 4.69) is 71.0 Å². The van der Waals surface area contributed by atoms with Crippen molar-refractivity contribution in [1.29, 1.82) is 0 Å². The zero-order chi connectivity index (χ0) is 13.7. The van der Waals surface area contributed by atoms with Crippen LogP contribution < -0.4 is 0 Å². The number of hydrogen-bond donors (Lipinski definition) is 0. The van der Waals surface area contributed by atoms with Gasteiger partial charge in [-0.25, -0.2) is 0 Å². The maximum absolute atomic E-state index is 6.09. The molecule has 0 N–H and O–H groups in total. The minimum absolute atomic E-state index is 0.310. The molecule has 0 aromatic carbocycles. The highest BCUT2D eigenvalue weighted by atomic mass is 28.4. The third-order valence-corrected chi connectivity index (χ3v) is 8.74. The molecule has 1 nitrogen and oxygen atoms in total. The molecule has 0 aromatic heterocycles. The van der Waals surface area contributed by atoms with E-state index in [9.17, 15) is 0 Å². The van der Waals surface area contributed by atoms with Crippen LogP contribution in [0.3, 0.4) is 0 Å². The van der Waals surface area contributed by atoms with E-state index in [1.54, 1.807) is 0 Å². The van der Waals surface area contributed by atoms with Gasteiger partial charge in [0.15, 0.2) is 8.32 Å². The maximum Gasteiger partial charge on any atom is 0.191 e. The van der Waals surface area contributed by atoms with Gasteiger partial charge >= 0.3 is 0 Å². The SMILES string of the molecule is CC(C)(C)[Si](C)(C)OCCC=C=C[Si](C)(C)C. The summed E-state index contributed by atoms with van der Waals surface area (Å²) in [5, 5.41) is 0.310. The molecule has 0 saturated carbocycles. The standard InChI is InChI=1S/C14H30OSi2/c1-14(2,3)17(7,8)15-12-10-9-11-13-16(4,5)6/h9,13H,10,12H2,1-8H3. The van der Waals surface area contributed by atoms with E-state index in [0.29, 0.717) is 5.04 Å². The molecule has 3 heteroatoms. The van der Waals surface area contributed by atoms with Crippen molar-refractivity contribution in [2.24, 2.45) is 0 Å². The minimum Gasteiger partial charge on any atom is -0.416 e. The van der Waals surface area contributed by atoms with Gasteiger partial charge in [-0.15, -0.1) is 5.73 Å². The molecule has 0 amide bonds. The van der Waals surface area contributed by atoms with Crippen LogP contribution in [0.2, 0.25) is 37.8 Å². The number of rotatable bonds is 5. The van der Waals surface area contributed by atoms with Crippen LogP contribution in [0.1, 0.15) is 27.2 Å². The van der Waals surface area contributed by atoms with Gasteiger partial charge in [-0.2, -0.15) is 0 Å². The van der Waals surface area contributed by atoms with Gasteiger partial charge in [0.2, 0.25) is 0 Å². The highest BCUT2D eigenvalue weighted by Gasteiger charge is 2.36. The Balaban J connectivity index is 4.07. The summed E-state index contributed by atoms with van der Waals surface area (Å²) < 4.78 is 6.09. The molecule has 0 aliphatic heterocycles. The van der Waals surface area contributed by atoms with E-state index < -0.39 is 16.4 Å². The molecule has 0 atom stereocenters. The molecule has 0 rings (SSSR count). The number of hydrogen-bond acceptors (Lipinski definition) is 1. The molecule has 0 bridgehead atoms. The summed E-state index contributed by atoms with van der Waals surface area (Å²) in [7, 11) is -2.63. The van der Waals surface area contributed by atoms with Gasteiger partial charge in [0.1, 0.15) is 0 Å². The lowest BCUT2D eigenvalue weighted by atomic mass is 10.2. The third-order valence-electron chi connectivity index (χ3n) is 3.17. The van der Waals surface area contributed by atoms with Crippen LogP contribution >= 0.6 is 0 Å². The summed E-state index contributed by atoms with van der Waals surface area (Å²) in [5.41, 5.74) is 5.55. The van der Waals surface area contributed by atoms with Gasteiger partial charge in [-0.3, -0.25) is 0 Å². The Morgan fingerprint density at radius 2 is 1.59 bits per heavy atom. The van der Waals surface area contributed by atoms with Gasteiger partial charge in [0.05, 0.1) is 8.07 Å². The fraction of sp³-hybridized carbons (Fsp3) is 0.786. The van der Waals surface area contributed by atoms with E-state index >= 15 is 0 Å². The minimum atomic E-state index is -1.55. The predicted molar refractivity (Wildman–Crippen MR) is 83.8 cm³/mol. The molecule has 0 heterocycles. The summed E-state index contributed by atoms with van der Waals surface area (Å²) in [6.07, 6.45) is 3.10. The van der Waals surface area contributed by atoms with E-state index in [4.69, 9.17) is 4.43 Å². The molecular weight excluding hydrogens is 240 g/mol. The Morgan fingerprint density at radius 3 is 2.00 bits per heavy atom. The summed E-state index contributed by atoms with van der Waals surface area (Å²) in [6, 6.07) is 0. The smallest absolute Gasteiger partial charge is 0.191 e. The highest BCUT2D eigenvalue weighted by Crippen LogP contribution is 2.36. The fourth-order valence-corrected chi connectivity index (χ4v) is 2.66. The second-order valence-corrected chi connectivity index (χ2v) is 17.1. The zero-order valence-corrected chi connectivity index (χ0v) is 15.0. The molecule has 0 saturated heterocycles. The fourth-order valence-electron chi connectivity index (χ4n) is 0.982. The van der Waals surface area contributed by atoms with Crippen molar-refractivity contribution in [3.8, 4) is 0 Å². The molecule has 17 heavy (non-hydrogen) atoms. The molecule has 0 radical (unpaired) electrons. The lowest BCUT2D eigenvalue weighted by molar-refractivity contribution is 0.294. The first-order valence-electron chi connectivity index (χ1n) is 6.52. The van der Waals surface area contributed by atoms with Crippen molar-refractivity contribution in [3.63, 3.8) is 0 Å². The summed E-state index contributed by atoms with van der Waals surface area (Å²) in [6.45, 7) is 19.2. The van der Waals surface area contributed by atoms with Crippen LogP contribution in [0.4, 0.5) is 0 Å². The Labute approximate surface area is 110 Å². The van der Waals surface area contributed by atoms with Crippen LogP contribution in [0.25, 0.3) is 0 Å². The molecule has 0 aromatic rings. The summed E-state index contributed by atoms with van der Waals surface area (Å²) in [4.78, 5) is 0. The quantitative estimate of drug-likeness (QED) is 0.389. The van der Waals surface area contributed by atoms with E-state index in [0.717, 1.165) is 13.0 Å². The molecule has 0 aliphatic carbocycles. The lowest BCUT2D eigenvalue weighted by Crippen LogP contribution is -2.40. The van der Waals surface area contributed by atoms with Crippen LogP contribution in [0.15, 0.2) is 17.5 Å². The van der Waals surface area contributed by atoms with Crippen molar-refractivity contribution >= 4 is 16.4 Å². The molecular formula is C14H30OSi2. The van der Waals surface area contributed by atoms with Gasteiger partial charge < -0.3 is 4.43 Å². The van der Waals surface area contributed by atoms with E-state index in [1.165, 1.54) is 0 Å². The van der Waals surface area contributed by atoms with Crippen LogP contribution in [0.5, 0.6) is 0 Å². The maximum atomic E-state index is 6.09. The monoisotopic (exact) mass is 270 g/mol. The average molecular weight is 271 g/mol. The second-order valence-electron chi connectivity index (χ2n) is 7.28. The Morgan fingerprint density at radius 1 is 1.06 bits per heavy atom. The van der Waals surface area contributed by atoms with Crippen molar-refractivity contribution in [1.82, 2.24) is 0 Å². The van der Waals surface area contributed by atoms with Crippen molar-refractivity contribution in [2.45, 2.75) is 65.0 Å². The zero-order valence-electron chi connectivity index (χ0n) is 13.0. The van der Waals surface area contributed by atoms with E-state index in [1.807, 2.05) is 0 Å². The predicted octanol–water partition coefficient (Wildman–Crippen LogP) is 4.99. The van der Waals surface area contributed by atoms with Gasteiger partial charge in [-0.1, -0.05) is 46.1 Å². The van der Waals surface area contributed by atoms with Crippen LogP contribution in [0, 0.1) is 0 Å². The van der Waals surface area contributed by atoms with Crippen molar-refractivity contribution in [2.75, 3.05) is 6.61 Å². The van der Waals surface area contributed by atoms with Crippen molar-refractivity contribution in [3.05, 3.63) is 17.5 Å². The first-order valence-corrected chi connectivity index (χ1v) is 13.0. The Bertz CT molecular complexity index is 286. The summed E-state index contributed by atoms with van der Waals surface area (Å²) >= 11 is 0. The van der Waals surface area contributed by atoms with Crippen LogP contribution in [-0.2, 0) is 4.43 Å². The Kier molecular flexibility index (Phi) is 6.16. The topological polar surface area (TPSA) is 9.23 Å². The van der Waals surface area contributed by atoms with E-state index in [-0.39, 0.29) is 0 Å². The Hall–Kier alpha value is -0.0862. The highest BCUT2D eigenvalue weighted by molar-refractivity contribution is 6.80. The molecule has 0 aliphatic rings. The largest absolute Gasteiger partial charge is 0.416 e. The average Bonchev–Trinajstić information content (AvgIpc) is 2.07. The molecule has 100 valence electrons. The van der Waals surface area contributed by atoms with Gasteiger partial charge in [-0.05, 0) is 30.6 Å². The molecule has 0 fully saturated rings. The molecule has 0 spiro atoms.